The number of hydrogen-bond acceptors (Lipinski definition) is 11. The second-order valence-corrected chi connectivity index (χ2v) is 16.3. The Morgan fingerprint density at radius 3 is 1.68 bits per heavy atom. The van der Waals surface area contributed by atoms with E-state index in [2.05, 4.69) is 10.6 Å². The molecule has 2 atom stereocenters. The Labute approximate surface area is 355 Å². The molecule has 15 nitrogen and oxygen atoms in total. The van der Waals surface area contributed by atoms with Gasteiger partial charge in [0.2, 0.25) is 11.8 Å². The molecule has 0 bridgehead atoms. The van der Waals surface area contributed by atoms with E-state index in [1.807, 2.05) is 20.8 Å². The summed E-state index contributed by atoms with van der Waals surface area (Å²) in [5.74, 6) is -3.39. The van der Waals surface area contributed by atoms with Gasteiger partial charge in [0, 0.05) is 58.0 Å². The number of aliphatic carboxylic acids is 2. The maximum absolute atomic E-state index is 13.1. The predicted octanol–water partition coefficient (Wildman–Crippen LogP) is 7.28. The lowest BCUT2D eigenvalue weighted by atomic mass is 9.79. The van der Waals surface area contributed by atoms with Gasteiger partial charge in [-0.3, -0.25) is 38.9 Å². The summed E-state index contributed by atoms with van der Waals surface area (Å²) in [6.07, 6.45) is 20.2. The van der Waals surface area contributed by atoms with Crippen molar-refractivity contribution in [2.75, 3.05) is 39.5 Å². The van der Waals surface area contributed by atoms with Crippen molar-refractivity contribution in [3.8, 4) is 0 Å². The molecule has 0 heterocycles. The molecule has 0 radical (unpaired) electrons. The number of rotatable bonds is 43. The van der Waals surface area contributed by atoms with Crippen molar-refractivity contribution >= 4 is 41.1 Å². The SMILES string of the molecule is CCC(C)(C)C(=O)C[C@@H](CCCCNC(=O)COCCOCCCC(=O)CCCCCCCCCCCCCCCCC(=O)O)C(=O)CN[C@@H](CCC(=O)O)C(N)=O.N.[HH]. The fourth-order valence-corrected chi connectivity index (χ4v) is 6.45. The minimum absolute atomic E-state index is 0. The Kier molecular flexibility index (Phi) is 37.0. The number of unbranched alkanes of at least 4 members (excludes halogenated alkanes) is 14. The fraction of sp³-hybridized carbons (Fsp3) is 0.841. The highest BCUT2D eigenvalue weighted by molar-refractivity contribution is 5.91. The zero-order valence-electron chi connectivity index (χ0n) is 36.9. The molecule has 0 aliphatic rings. The van der Waals surface area contributed by atoms with Crippen LogP contribution in [0.25, 0.3) is 0 Å². The molecule has 0 aromatic rings. The summed E-state index contributed by atoms with van der Waals surface area (Å²) in [6, 6.07) is -0.969. The van der Waals surface area contributed by atoms with Gasteiger partial charge in [-0.2, -0.15) is 0 Å². The van der Waals surface area contributed by atoms with Crippen molar-refractivity contribution in [2.45, 2.75) is 187 Å². The van der Waals surface area contributed by atoms with Crippen molar-refractivity contribution in [3.63, 3.8) is 0 Å². The molecule has 0 spiro atoms. The highest BCUT2D eigenvalue weighted by atomic mass is 16.5. The van der Waals surface area contributed by atoms with E-state index in [4.69, 9.17) is 25.4 Å². The number of ketones is 3. The maximum Gasteiger partial charge on any atom is 0.303 e. The van der Waals surface area contributed by atoms with Gasteiger partial charge in [0.25, 0.3) is 0 Å². The van der Waals surface area contributed by atoms with E-state index in [-0.39, 0.29) is 76.3 Å². The third-order valence-corrected chi connectivity index (χ3v) is 10.8. The van der Waals surface area contributed by atoms with E-state index < -0.39 is 35.2 Å². The van der Waals surface area contributed by atoms with E-state index in [9.17, 15) is 33.6 Å². The van der Waals surface area contributed by atoms with Crippen LogP contribution in [-0.4, -0.2) is 96.9 Å². The third-order valence-electron chi connectivity index (χ3n) is 10.8. The second-order valence-electron chi connectivity index (χ2n) is 16.3. The molecule has 0 aliphatic heterocycles. The lowest BCUT2D eigenvalue weighted by Crippen LogP contribution is -2.45. The highest BCUT2D eigenvalue weighted by Crippen LogP contribution is 2.27. The number of primary amides is 1. The number of hydrogen-bond donors (Lipinski definition) is 6. The average molecular weight is 845 g/mol. The molecular weight excluding hydrogens is 761 g/mol. The van der Waals surface area contributed by atoms with Gasteiger partial charge in [-0.25, -0.2) is 0 Å². The lowest BCUT2D eigenvalue weighted by Gasteiger charge is -2.24. The Balaban J connectivity index is -0.0000162. The molecule has 0 saturated carbocycles. The van der Waals surface area contributed by atoms with Crippen molar-refractivity contribution in [2.24, 2.45) is 17.1 Å². The Bertz CT molecular complexity index is 1190. The number of nitrogens with one attached hydrogen (secondary N) is 2. The van der Waals surface area contributed by atoms with E-state index >= 15 is 0 Å². The maximum atomic E-state index is 13.1. The molecular formula is C44H84N4O11. The Morgan fingerprint density at radius 1 is 0.644 bits per heavy atom. The Hall–Kier alpha value is -3.27. The number of ether oxygens (including phenoxy) is 2. The summed E-state index contributed by atoms with van der Waals surface area (Å²) >= 11 is 0. The first-order valence-electron chi connectivity index (χ1n) is 22.2. The van der Waals surface area contributed by atoms with Crippen molar-refractivity contribution in [1.82, 2.24) is 16.8 Å². The van der Waals surface area contributed by atoms with Gasteiger partial charge >= 0.3 is 11.9 Å². The molecule has 9 N–H and O–H groups in total. The number of carbonyl (C=O) groups is 7. The smallest absolute Gasteiger partial charge is 0.303 e. The van der Waals surface area contributed by atoms with Crippen LogP contribution in [0.5, 0.6) is 0 Å². The van der Waals surface area contributed by atoms with Gasteiger partial charge < -0.3 is 36.9 Å². The number of Topliss-reactive ketones (excluding diaryl/α,β-unsaturated/α-hetero) is 3. The fourth-order valence-electron chi connectivity index (χ4n) is 6.45. The van der Waals surface area contributed by atoms with Gasteiger partial charge in [-0.15, -0.1) is 0 Å². The molecule has 0 unspecified atom stereocenters. The van der Waals surface area contributed by atoms with E-state index in [0.717, 1.165) is 32.1 Å². The highest BCUT2D eigenvalue weighted by Gasteiger charge is 2.30. The molecule has 2 amide bonds. The second kappa shape index (κ2) is 37.7. The van der Waals surface area contributed by atoms with Crippen LogP contribution in [-0.2, 0) is 43.0 Å². The minimum Gasteiger partial charge on any atom is -0.481 e. The predicted molar refractivity (Wildman–Crippen MR) is 231 cm³/mol. The van der Waals surface area contributed by atoms with Crippen LogP contribution >= 0.6 is 0 Å². The summed E-state index contributed by atoms with van der Waals surface area (Å²) in [6.45, 7) is 6.70. The van der Waals surface area contributed by atoms with Gasteiger partial charge in [-0.1, -0.05) is 104 Å². The molecule has 346 valence electrons. The number of carboxylic acid groups (broad SMARTS) is 2. The van der Waals surface area contributed by atoms with Gasteiger partial charge in [0.05, 0.1) is 25.8 Å². The van der Waals surface area contributed by atoms with Crippen LogP contribution in [0.3, 0.4) is 0 Å². The summed E-state index contributed by atoms with van der Waals surface area (Å²) in [4.78, 5) is 83.6. The molecule has 0 rings (SSSR count). The van der Waals surface area contributed by atoms with Crippen LogP contribution in [0.4, 0.5) is 0 Å². The number of nitrogens with two attached hydrogens (primary N) is 1. The summed E-state index contributed by atoms with van der Waals surface area (Å²) in [5.41, 5.74) is 4.79. The number of carboxylic acids is 2. The van der Waals surface area contributed by atoms with Crippen LogP contribution in [0.2, 0.25) is 0 Å². The Morgan fingerprint density at radius 2 is 1.15 bits per heavy atom. The number of carbonyl (C=O) groups excluding carboxylic acids is 5. The quantitative estimate of drug-likeness (QED) is 0.0330. The first kappa shape index (κ1) is 57.8. The first-order valence-corrected chi connectivity index (χ1v) is 22.2. The summed E-state index contributed by atoms with van der Waals surface area (Å²) in [7, 11) is 0. The molecule has 0 aliphatic carbocycles. The summed E-state index contributed by atoms with van der Waals surface area (Å²) in [5, 5.41) is 23.1. The average Bonchev–Trinajstić information content (AvgIpc) is 3.17. The van der Waals surface area contributed by atoms with E-state index in [1.165, 1.54) is 57.8 Å². The van der Waals surface area contributed by atoms with E-state index in [1.54, 1.807) is 0 Å². The molecule has 15 heteroatoms. The zero-order valence-corrected chi connectivity index (χ0v) is 36.9. The van der Waals surface area contributed by atoms with Crippen molar-refractivity contribution < 1.29 is 54.7 Å². The van der Waals surface area contributed by atoms with Crippen LogP contribution in [0, 0.1) is 11.3 Å². The first-order chi connectivity index (χ1) is 27.7. The monoisotopic (exact) mass is 845 g/mol. The molecule has 0 fully saturated rings. The van der Waals surface area contributed by atoms with E-state index in [0.29, 0.717) is 64.7 Å². The normalized spacial score (nSPS) is 12.3. The van der Waals surface area contributed by atoms with Crippen LogP contribution in [0.15, 0.2) is 0 Å². The molecule has 0 saturated heterocycles. The topological polar surface area (TPSA) is 263 Å². The van der Waals surface area contributed by atoms with Crippen molar-refractivity contribution in [3.05, 3.63) is 0 Å². The summed E-state index contributed by atoms with van der Waals surface area (Å²) < 4.78 is 10.9. The third kappa shape index (κ3) is 35.2. The van der Waals surface area contributed by atoms with Gasteiger partial charge in [-0.05, 0) is 44.9 Å². The lowest BCUT2D eigenvalue weighted by molar-refractivity contribution is -0.138. The number of amides is 2. The molecule has 0 aromatic carbocycles. The van der Waals surface area contributed by atoms with Gasteiger partial charge in [0.15, 0.2) is 0 Å². The molecule has 59 heavy (non-hydrogen) atoms. The van der Waals surface area contributed by atoms with Crippen molar-refractivity contribution in [1.29, 1.82) is 0 Å². The van der Waals surface area contributed by atoms with Crippen LogP contribution < -0.4 is 22.5 Å². The zero-order chi connectivity index (χ0) is 43.4. The molecule has 0 aromatic heterocycles. The van der Waals surface area contributed by atoms with Gasteiger partial charge in [0.1, 0.15) is 24.0 Å². The largest absolute Gasteiger partial charge is 0.481 e. The van der Waals surface area contributed by atoms with Crippen LogP contribution in [0.1, 0.15) is 183 Å². The standard InChI is InChI=1S/C44H79N3O11.H3N.H2/c1-4-44(2,3)39(50)32-35(38(49)33-47-37(43(45)56)26-27-42(54)55)22-19-20-28-46-40(51)34-58-31-30-57-29-21-24-36(48)23-17-15-13-11-9-7-5-6-8-10-12-14-16-18-25-41(52)53;;/h35,37,47H,4-34H2,1-3H3,(H2,45,56)(H,46,51)(H,52,53)(H,54,55);1H3;1H/t35-,37+;;/m1../s1. The minimum atomic E-state index is -1.08.